The highest BCUT2D eigenvalue weighted by Crippen LogP contribution is 2.48. The molecule has 0 aliphatic heterocycles. The van der Waals surface area contributed by atoms with Crippen molar-refractivity contribution in [2.45, 2.75) is 57.3 Å². The normalized spacial score (nSPS) is 31.5. The molecule has 0 amide bonds. The molecule has 22 heavy (non-hydrogen) atoms. The Morgan fingerprint density at radius 3 is 2.55 bits per heavy atom. The van der Waals surface area contributed by atoms with E-state index in [4.69, 9.17) is 0 Å². The Balaban J connectivity index is 1.60. The summed E-state index contributed by atoms with van der Waals surface area (Å²) in [6, 6.07) is 4.47. The van der Waals surface area contributed by atoms with Crippen LogP contribution >= 0.6 is 0 Å². The summed E-state index contributed by atoms with van der Waals surface area (Å²) < 4.78 is 26.6. The lowest BCUT2D eigenvalue weighted by Crippen LogP contribution is -2.30. The zero-order chi connectivity index (χ0) is 15.5. The van der Waals surface area contributed by atoms with Gasteiger partial charge in [-0.15, -0.1) is 6.58 Å². The van der Waals surface area contributed by atoms with Crippen molar-refractivity contribution in [3.05, 3.63) is 48.1 Å². The van der Waals surface area contributed by atoms with E-state index in [1.54, 1.807) is 6.07 Å². The Bertz CT molecular complexity index is 522. The van der Waals surface area contributed by atoms with Crippen molar-refractivity contribution in [3.63, 3.8) is 0 Å². The van der Waals surface area contributed by atoms with Gasteiger partial charge in [0.05, 0.1) is 0 Å². The molecule has 2 aliphatic rings. The Morgan fingerprint density at radius 1 is 1.00 bits per heavy atom. The van der Waals surface area contributed by atoms with Gasteiger partial charge in [-0.2, -0.15) is 0 Å². The molecule has 1 aromatic carbocycles. The van der Waals surface area contributed by atoms with E-state index in [0.29, 0.717) is 5.92 Å². The third-order valence-corrected chi connectivity index (χ3v) is 5.92. The molecule has 0 aromatic heterocycles. The maximum atomic E-state index is 13.5. The molecule has 0 bridgehead atoms. The van der Waals surface area contributed by atoms with Gasteiger partial charge in [-0.25, -0.2) is 8.78 Å². The van der Waals surface area contributed by atoms with Gasteiger partial charge in [0.1, 0.15) is 0 Å². The monoisotopic (exact) mass is 304 g/mol. The van der Waals surface area contributed by atoms with E-state index < -0.39 is 11.6 Å². The lowest BCUT2D eigenvalue weighted by molar-refractivity contribution is 0.115. The van der Waals surface area contributed by atoms with E-state index in [1.807, 2.05) is 6.08 Å². The Hall–Kier alpha value is -1.18. The zero-order valence-corrected chi connectivity index (χ0v) is 13.2. The van der Waals surface area contributed by atoms with Gasteiger partial charge in [-0.05, 0) is 86.3 Å². The molecular weight excluding hydrogens is 278 g/mol. The first kappa shape index (κ1) is 15.7. The van der Waals surface area contributed by atoms with Crippen LogP contribution in [-0.2, 0) is 0 Å². The number of halogens is 2. The van der Waals surface area contributed by atoms with Crippen molar-refractivity contribution in [3.8, 4) is 0 Å². The molecule has 2 fully saturated rings. The predicted octanol–water partition coefficient (Wildman–Crippen LogP) is 6.23. The number of rotatable bonds is 4. The predicted molar refractivity (Wildman–Crippen MR) is 86.7 cm³/mol. The van der Waals surface area contributed by atoms with Gasteiger partial charge >= 0.3 is 0 Å². The highest BCUT2D eigenvalue weighted by molar-refractivity contribution is 5.22. The van der Waals surface area contributed by atoms with Gasteiger partial charge in [-0.3, -0.25) is 0 Å². The summed E-state index contributed by atoms with van der Waals surface area (Å²) in [5, 5.41) is 0. The maximum Gasteiger partial charge on any atom is 0.159 e. The van der Waals surface area contributed by atoms with Crippen molar-refractivity contribution in [2.24, 2.45) is 17.8 Å². The second-order valence-corrected chi connectivity index (χ2v) is 7.25. The minimum absolute atomic E-state index is 0.418. The van der Waals surface area contributed by atoms with Crippen LogP contribution in [0.4, 0.5) is 8.78 Å². The molecular formula is C20H26F2. The molecule has 0 nitrogen and oxygen atoms in total. The molecule has 2 heteroatoms. The van der Waals surface area contributed by atoms with E-state index in [0.717, 1.165) is 42.6 Å². The van der Waals surface area contributed by atoms with Crippen LogP contribution in [0.1, 0.15) is 62.8 Å². The van der Waals surface area contributed by atoms with Gasteiger partial charge in [0, 0.05) is 0 Å². The molecule has 1 aromatic rings. The molecule has 0 heterocycles. The summed E-state index contributed by atoms with van der Waals surface area (Å²) in [5.41, 5.74) is 0.992. The molecule has 4 unspecified atom stereocenters. The Morgan fingerprint density at radius 2 is 1.77 bits per heavy atom. The van der Waals surface area contributed by atoms with Crippen LogP contribution in [0.15, 0.2) is 30.9 Å². The van der Waals surface area contributed by atoms with Gasteiger partial charge in [0.25, 0.3) is 0 Å². The van der Waals surface area contributed by atoms with E-state index in [-0.39, 0.29) is 0 Å². The minimum Gasteiger partial charge on any atom is -0.204 e. The fourth-order valence-electron chi connectivity index (χ4n) is 4.67. The van der Waals surface area contributed by atoms with Crippen LogP contribution in [0.2, 0.25) is 0 Å². The fraction of sp³-hybridized carbons (Fsp3) is 0.600. The van der Waals surface area contributed by atoms with Gasteiger partial charge in [0.2, 0.25) is 0 Å². The lowest BCUT2D eigenvalue weighted by Gasteiger charge is -2.42. The first-order valence-electron chi connectivity index (χ1n) is 8.73. The molecule has 0 saturated heterocycles. The molecule has 0 N–H and O–H groups in total. The molecule has 3 rings (SSSR count). The lowest BCUT2D eigenvalue weighted by atomic mass is 9.63. The third kappa shape index (κ3) is 3.42. The van der Waals surface area contributed by atoms with Gasteiger partial charge in [-0.1, -0.05) is 18.6 Å². The Labute approximate surface area is 132 Å². The highest BCUT2D eigenvalue weighted by Gasteiger charge is 2.35. The van der Waals surface area contributed by atoms with Crippen LogP contribution in [0, 0.1) is 29.4 Å². The van der Waals surface area contributed by atoms with Crippen molar-refractivity contribution in [1.82, 2.24) is 0 Å². The number of hydrogen-bond donors (Lipinski definition) is 0. The van der Waals surface area contributed by atoms with Gasteiger partial charge in [0.15, 0.2) is 11.6 Å². The SMILES string of the molecule is C=CCCC1CCC2CC(c3ccc(F)c(F)c3)CCC2C1. The van der Waals surface area contributed by atoms with Crippen molar-refractivity contribution in [1.29, 1.82) is 0 Å². The summed E-state index contributed by atoms with van der Waals surface area (Å²) in [6.45, 7) is 3.83. The van der Waals surface area contributed by atoms with Crippen molar-refractivity contribution in [2.75, 3.05) is 0 Å². The summed E-state index contributed by atoms with van der Waals surface area (Å²) in [7, 11) is 0. The van der Waals surface area contributed by atoms with E-state index in [1.165, 1.54) is 44.2 Å². The van der Waals surface area contributed by atoms with Crippen molar-refractivity contribution >= 4 is 0 Å². The molecule has 120 valence electrons. The number of allylic oxidation sites excluding steroid dienone is 1. The van der Waals surface area contributed by atoms with E-state index >= 15 is 0 Å². The molecule has 4 atom stereocenters. The topological polar surface area (TPSA) is 0 Å². The van der Waals surface area contributed by atoms with Gasteiger partial charge < -0.3 is 0 Å². The van der Waals surface area contributed by atoms with Crippen LogP contribution in [0.5, 0.6) is 0 Å². The zero-order valence-electron chi connectivity index (χ0n) is 13.2. The third-order valence-electron chi connectivity index (χ3n) is 5.92. The highest BCUT2D eigenvalue weighted by atomic mass is 19.2. The number of fused-ring (bicyclic) bond motifs is 1. The second-order valence-electron chi connectivity index (χ2n) is 7.25. The largest absolute Gasteiger partial charge is 0.204 e. The maximum absolute atomic E-state index is 13.5. The van der Waals surface area contributed by atoms with Crippen LogP contribution in [0.3, 0.4) is 0 Å². The summed E-state index contributed by atoms with van der Waals surface area (Å²) in [4.78, 5) is 0. The smallest absolute Gasteiger partial charge is 0.159 e. The average molecular weight is 304 g/mol. The number of hydrogen-bond acceptors (Lipinski definition) is 0. The summed E-state index contributed by atoms with van der Waals surface area (Å²) in [6.07, 6.45) is 12.0. The number of benzene rings is 1. The molecule has 2 aliphatic carbocycles. The standard InChI is InChI=1S/C20H26F2/c1-2-3-4-14-5-6-16-12-17(8-7-15(16)11-14)18-9-10-19(21)20(22)13-18/h2,9-10,13-17H,1,3-8,11-12H2. The quantitative estimate of drug-likeness (QED) is 0.578. The van der Waals surface area contributed by atoms with E-state index in [9.17, 15) is 8.78 Å². The minimum atomic E-state index is -0.736. The summed E-state index contributed by atoms with van der Waals surface area (Å²) >= 11 is 0. The second kappa shape index (κ2) is 6.93. The Kier molecular flexibility index (Phi) is 4.95. The van der Waals surface area contributed by atoms with Crippen LogP contribution < -0.4 is 0 Å². The van der Waals surface area contributed by atoms with E-state index in [2.05, 4.69) is 6.58 Å². The first-order chi connectivity index (χ1) is 10.7. The molecule has 0 spiro atoms. The van der Waals surface area contributed by atoms with Crippen LogP contribution in [0.25, 0.3) is 0 Å². The molecule has 0 radical (unpaired) electrons. The van der Waals surface area contributed by atoms with Crippen LogP contribution in [-0.4, -0.2) is 0 Å². The average Bonchev–Trinajstić information content (AvgIpc) is 2.55. The first-order valence-corrected chi connectivity index (χ1v) is 8.73. The van der Waals surface area contributed by atoms with Crippen molar-refractivity contribution < 1.29 is 8.78 Å². The molecule has 2 saturated carbocycles. The summed E-state index contributed by atoms with van der Waals surface area (Å²) in [5.74, 6) is 1.49. The fourth-order valence-corrected chi connectivity index (χ4v) is 4.67.